The maximum atomic E-state index is 12.8. The Hall–Kier alpha value is -3.84. The Bertz CT molecular complexity index is 1140. The molecule has 184 valence electrons. The van der Waals surface area contributed by atoms with E-state index in [2.05, 4.69) is 6.07 Å². The second-order valence-electron chi connectivity index (χ2n) is 8.41. The van der Waals surface area contributed by atoms with Gasteiger partial charge >= 0.3 is 11.9 Å². The number of esters is 1. The van der Waals surface area contributed by atoms with Crippen molar-refractivity contribution in [2.75, 3.05) is 34.4 Å². The topological polar surface area (TPSA) is 85.3 Å². The lowest BCUT2D eigenvalue weighted by Crippen LogP contribution is -2.35. The largest absolute Gasteiger partial charge is 0.497 e. The average Bonchev–Trinajstić information content (AvgIpc) is 2.86. The lowest BCUT2D eigenvalue weighted by atomic mass is 10.0. The molecule has 1 N–H and O–H groups in total. The van der Waals surface area contributed by atoms with Gasteiger partial charge in [0.05, 0.1) is 18.2 Å². The number of ether oxygens (including phenoxy) is 3. The normalized spacial score (nSPS) is 11.7. The summed E-state index contributed by atoms with van der Waals surface area (Å²) in [4.78, 5) is 26.2. The van der Waals surface area contributed by atoms with Crippen molar-refractivity contribution < 1.29 is 28.9 Å². The number of carboxylic acids is 1. The van der Waals surface area contributed by atoms with Crippen molar-refractivity contribution in [3.05, 3.63) is 95.1 Å². The van der Waals surface area contributed by atoms with Crippen molar-refractivity contribution in [3.8, 4) is 11.5 Å². The maximum Gasteiger partial charge on any atom is 0.339 e. The van der Waals surface area contributed by atoms with E-state index in [4.69, 9.17) is 14.2 Å². The average molecular weight is 478 g/mol. The van der Waals surface area contributed by atoms with Crippen LogP contribution in [0.4, 0.5) is 0 Å². The predicted octanol–water partition coefficient (Wildman–Crippen LogP) is 4.34. The first-order valence-electron chi connectivity index (χ1n) is 11.4. The van der Waals surface area contributed by atoms with Crippen LogP contribution in [0.2, 0.25) is 0 Å². The van der Waals surface area contributed by atoms with Crippen LogP contribution in [0.25, 0.3) is 0 Å². The van der Waals surface area contributed by atoms with Gasteiger partial charge in [-0.2, -0.15) is 0 Å². The second-order valence-corrected chi connectivity index (χ2v) is 8.41. The number of methoxy groups -OCH3 is 1. The summed E-state index contributed by atoms with van der Waals surface area (Å²) in [7, 11) is 5.39. The van der Waals surface area contributed by atoms with Gasteiger partial charge in [-0.1, -0.05) is 42.5 Å². The molecule has 0 unspecified atom stereocenters. The van der Waals surface area contributed by atoms with E-state index in [0.29, 0.717) is 6.54 Å². The number of aromatic carboxylic acids is 1. The Balaban J connectivity index is 1.68. The standard InChI is InChI=1S/C28H31NO6/c1-29(2)18-23(35-28(32)25-13-6-5-12-24(25)27(30)31)19-34-26-14-7-4-10-21(26)16-15-20-9-8-11-22(17-20)33-3/h4-14,17,23H,15-16,18-19H2,1-3H3,(H,30,31)/t23-/m1/s1. The van der Waals surface area contributed by atoms with Crippen molar-refractivity contribution in [2.24, 2.45) is 0 Å². The van der Waals surface area contributed by atoms with Crippen molar-refractivity contribution in [3.63, 3.8) is 0 Å². The van der Waals surface area contributed by atoms with Crippen LogP contribution in [-0.4, -0.2) is 62.4 Å². The number of para-hydroxylation sites is 1. The number of carboxylic acid groups (broad SMARTS) is 1. The molecule has 0 aromatic heterocycles. The molecule has 0 heterocycles. The van der Waals surface area contributed by atoms with Gasteiger partial charge < -0.3 is 24.2 Å². The summed E-state index contributed by atoms with van der Waals surface area (Å²) in [6.07, 6.45) is 0.999. The fourth-order valence-electron chi connectivity index (χ4n) is 3.73. The molecule has 7 heteroatoms. The quantitative estimate of drug-likeness (QED) is 0.388. The molecule has 0 aliphatic carbocycles. The van der Waals surface area contributed by atoms with Crippen molar-refractivity contribution >= 4 is 11.9 Å². The van der Waals surface area contributed by atoms with Crippen LogP contribution in [-0.2, 0) is 17.6 Å². The number of carbonyl (C=O) groups is 2. The van der Waals surface area contributed by atoms with Gasteiger partial charge in [-0.05, 0) is 68.4 Å². The number of aryl methyl sites for hydroxylation is 2. The summed E-state index contributed by atoms with van der Waals surface area (Å²) in [5.74, 6) is -0.321. The third-order valence-electron chi connectivity index (χ3n) is 5.43. The van der Waals surface area contributed by atoms with Crippen LogP contribution in [0.1, 0.15) is 31.8 Å². The van der Waals surface area contributed by atoms with Crippen LogP contribution in [0.15, 0.2) is 72.8 Å². The SMILES string of the molecule is COc1cccc(CCc2ccccc2OC[C@@H](CN(C)C)OC(=O)c2ccccc2C(=O)O)c1. The molecular weight excluding hydrogens is 446 g/mol. The summed E-state index contributed by atoms with van der Waals surface area (Å²) in [6.45, 7) is 0.558. The molecule has 0 aliphatic rings. The summed E-state index contributed by atoms with van der Waals surface area (Å²) < 4.78 is 17.1. The highest BCUT2D eigenvalue weighted by atomic mass is 16.6. The van der Waals surface area contributed by atoms with Crippen molar-refractivity contribution in [2.45, 2.75) is 18.9 Å². The molecule has 3 aromatic rings. The minimum atomic E-state index is -1.18. The molecule has 0 saturated heterocycles. The molecule has 0 aliphatic heterocycles. The fourth-order valence-corrected chi connectivity index (χ4v) is 3.73. The van der Waals surface area contributed by atoms with E-state index in [1.165, 1.54) is 12.1 Å². The third kappa shape index (κ3) is 7.58. The smallest absolute Gasteiger partial charge is 0.339 e. The van der Waals surface area contributed by atoms with Gasteiger partial charge in [0.25, 0.3) is 0 Å². The third-order valence-corrected chi connectivity index (χ3v) is 5.43. The van der Waals surface area contributed by atoms with Gasteiger partial charge in [-0.25, -0.2) is 9.59 Å². The summed E-state index contributed by atoms with van der Waals surface area (Å²) >= 11 is 0. The van der Waals surface area contributed by atoms with Crippen LogP contribution < -0.4 is 9.47 Å². The number of hydrogen-bond acceptors (Lipinski definition) is 6. The van der Waals surface area contributed by atoms with E-state index >= 15 is 0 Å². The molecule has 0 spiro atoms. The first-order chi connectivity index (χ1) is 16.9. The van der Waals surface area contributed by atoms with E-state index in [9.17, 15) is 14.7 Å². The number of rotatable bonds is 12. The zero-order valence-corrected chi connectivity index (χ0v) is 20.3. The molecule has 0 amide bonds. The van der Waals surface area contributed by atoms with Gasteiger partial charge in [0.15, 0.2) is 0 Å². The number of likely N-dealkylation sites (N-methyl/N-ethyl adjacent to an activating group) is 1. The first kappa shape index (κ1) is 25.8. The molecular formula is C28H31NO6. The molecule has 3 rings (SSSR count). The molecule has 0 saturated carbocycles. The molecule has 3 aromatic carbocycles. The monoisotopic (exact) mass is 477 g/mol. The Morgan fingerprint density at radius 3 is 2.34 bits per heavy atom. The molecule has 1 atom stereocenters. The number of carbonyl (C=O) groups excluding carboxylic acids is 1. The molecule has 7 nitrogen and oxygen atoms in total. The van der Waals surface area contributed by atoms with Crippen LogP contribution in [0.3, 0.4) is 0 Å². The second kappa shape index (κ2) is 12.6. The zero-order valence-electron chi connectivity index (χ0n) is 20.3. The fraction of sp³-hybridized carbons (Fsp3) is 0.286. The first-order valence-corrected chi connectivity index (χ1v) is 11.4. The van der Waals surface area contributed by atoms with E-state index < -0.39 is 18.0 Å². The summed E-state index contributed by atoms with van der Waals surface area (Å²) in [6, 6.07) is 21.8. The Labute approximate surface area is 205 Å². The summed E-state index contributed by atoms with van der Waals surface area (Å²) in [5, 5.41) is 9.39. The van der Waals surface area contributed by atoms with Gasteiger partial charge in [0.2, 0.25) is 0 Å². The number of nitrogens with zero attached hydrogens (tertiary/aromatic N) is 1. The van der Waals surface area contributed by atoms with Crippen LogP contribution >= 0.6 is 0 Å². The van der Waals surface area contributed by atoms with Gasteiger partial charge in [-0.15, -0.1) is 0 Å². The van der Waals surface area contributed by atoms with E-state index in [0.717, 1.165) is 35.5 Å². The van der Waals surface area contributed by atoms with Gasteiger partial charge in [0, 0.05) is 6.54 Å². The maximum absolute atomic E-state index is 12.8. The highest BCUT2D eigenvalue weighted by Gasteiger charge is 2.22. The minimum absolute atomic E-state index is 0.0162. The highest BCUT2D eigenvalue weighted by Crippen LogP contribution is 2.22. The van der Waals surface area contributed by atoms with E-state index in [1.807, 2.05) is 61.5 Å². The molecule has 0 fully saturated rings. The number of hydrogen-bond donors (Lipinski definition) is 1. The summed E-state index contributed by atoms with van der Waals surface area (Å²) in [5.41, 5.74) is 2.13. The number of benzene rings is 3. The van der Waals surface area contributed by atoms with Crippen molar-refractivity contribution in [1.29, 1.82) is 0 Å². The van der Waals surface area contributed by atoms with Gasteiger partial charge in [-0.3, -0.25) is 0 Å². The highest BCUT2D eigenvalue weighted by molar-refractivity contribution is 6.02. The predicted molar refractivity (Wildman–Crippen MR) is 133 cm³/mol. The van der Waals surface area contributed by atoms with Crippen LogP contribution in [0.5, 0.6) is 11.5 Å². The van der Waals surface area contributed by atoms with Crippen molar-refractivity contribution in [1.82, 2.24) is 4.90 Å². The molecule has 35 heavy (non-hydrogen) atoms. The lowest BCUT2D eigenvalue weighted by Gasteiger charge is -2.23. The molecule has 0 bridgehead atoms. The lowest BCUT2D eigenvalue weighted by molar-refractivity contribution is 0.00996. The van der Waals surface area contributed by atoms with E-state index in [-0.39, 0.29) is 17.7 Å². The molecule has 0 radical (unpaired) electrons. The van der Waals surface area contributed by atoms with Gasteiger partial charge in [0.1, 0.15) is 24.2 Å². The van der Waals surface area contributed by atoms with Crippen LogP contribution in [0, 0.1) is 0 Å². The minimum Gasteiger partial charge on any atom is -0.497 e. The Morgan fingerprint density at radius 2 is 1.63 bits per heavy atom. The Kier molecular flexibility index (Phi) is 9.26. The Morgan fingerprint density at radius 1 is 0.914 bits per heavy atom. The van der Waals surface area contributed by atoms with E-state index in [1.54, 1.807) is 19.2 Å². The zero-order chi connectivity index (χ0) is 25.2.